The Morgan fingerprint density at radius 2 is 2.21 bits per heavy atom. The standard InChI is InChI=1S/C9H9F2NO2/c1-5-3-7(14-2)8(9(10)11)6(4-13)12-5/h3-4,9H,1-2H3. The number of carbonyl (C=O) groups is 1. The van der Waals surface area contributed by atoms with E-state index in [0.29, 0.717) is 12.0 Å². The van der Waals surface area contributed by atoms with Crippen molar-refractivity contribution in [2.45, 2.75) is 13.3 Å². The molecule has 0 N–H and O–H groups in total. The normalized spacial score (nSPS) is 10.4. The van der Waals surface area contributed by atoms with Crippen molar-refractivity contribution in [3.63, 3.8) is 0 Å². The Kier molecular flexibility index (Phi) is 3.11. The molecule has 76 valence electrons. The first-order chi connectivity index (χ1) is 6.60. The molecule has 1 aromatic rings. The summed E-state index contributed by atoms with van der Waals surface area (Å²) in [6.07, 6.45) is -2.46. The van der Waals surface area contributed by atoms with E-state index in [4.69, 9.17) is 4.74 Å². The van der Waals surface area contributed by atoms with Gasteiger partial charge < -0.3 is 4.74 Å². The average Bonchev–Trinajstić information content (AvgIpc) is 2.15. The van der Waals surface area contributed by atoms with Crippen LogP contribution in [0.25, 0.3) is 0 Å². The lowest BCUT2D eigenvalue weighted by Gasteiger charge is -2.10. The highest BCUT2D eigenvalue weighted by atomic mass is 19.3. The third-order valence-electron chi connectivity index (χ3n) is 1.73. The zero-order chi connectivity index (χ0) is 10.7. The number of halogens is 2. The van der Waals surface area contributed by atoms with Crippen molar-refractivity contribution in [2.24, 2.45) is 0 Å². The predicted octanol–water partition coefficient (Wildman–Crippen LogP) is 2.15. The van der Waals surface area contributed by atoms with Gasteiger partial charge in [-0.15, -0.1) is 0 Å². The molecule has 0 unspecified atom stereocenters. The van der Waals surface area contributed by atoms with Crippen LogP contribution in [-0.4, -0.2) is 18.4 Å². The van der Waals surface area contributed by atoms with Crippen LogP contribution in [0.2, 0.25) is 0 Å². The Hall–Kier alpha value is -1.52. The van der Waals surface area contributed by atoms with Crippen molar-refractivity contribution in [1.82, 2.24) is 4.98 Å². The maximum Gasteiger partial charge on any atom is 0.269 e. The lowest BCUT2D eigenvalue weighted by atomic mass is 10.1. The Morgan fingerprint density at radius 1 is 1.57 bits per heavy atom. The van der Waals surface area contributed by atoms with Crippen LogP contribution in [0, 0.1) is 6.92 Å². The molecule has 0 aliphatic rings. The molecule has 14 heavy (non-hydrogen) atoms. The van der Waals surface area contributed by atoms with Crippen LogP contribution in [0.3, 0.4) is 0 Å². The second-order valence-corrected chi connectivity index (χ2v) is 2.68. The molecule has 3 nitrogen and oxygen atoms in total. The third kappa shape index (κ3) is 1.86. The molecule has 0 bridgehead atoms. The quantitative estimate of drug-likeness (QED) is 0.703. The number of nitrogens with zero attached hydrogens (tertiary/aromatic N) is 1. The maximum atomic E-state index is 12.5. The summed E-state index contributed by atoms with van der Waals surface area (Å²) >= 11 is 0. The van der Waals surface area contributed by atoms with E-state index in [1.807, 2.05) is 0 Å². The molecule has 1 rings (SSSR count). The van der Waals surface area contributed by atoms with Gasteiger partial charge >= 0.3 is 0 Å². The Morgan fingerprint density at radius 3 is 2.64 bits per heavy atom. The molecule has 5 heteroatoms. The molecule has 0 atom stereocenters. The first-order valence-corrected chi connectivity index (χ1v) is 3.89. The van der Waals surface area contributed by atoms with Gasteiger partial charge in [0.15, 0.2) is 6.29 Å². The Balaban J connectivity index is 3.40. The van der Waals surface area contributed by atoms with Gasteiger partial charge in [0.1, 0.15) is 11.4 Å². The minimum atomic E-state index is -2.77. The number of alkyl halides is 2. The molecule has 0 aromatic carbocycles. The summed E-state index contributed by atoms with van der Waals surface area (Å²) in [6, 6.07) is 1.37. The highest BCUT2D eigenvalue weighted by molar-refractivity contribution is 5.76. The van der Waals surface area contributed by atoms with Gasteiger partial charge in [-0.1, -0.05) is 0 Å². The lowest BCUT2D eigenvalue weighted by Crippen LogP contribution is -2.02. The van der Waals surface area contributed by atoms with Crippen LogP contribution >= 0.6 is 0 Å². The third-order valence-corrected chi connectivity index (χ3v) is 1.73. The molecule has 0 saturated carbocycles. The topological polar surface area (TPSA) is 39.2 Å². The van der Waals surface area contributed by atoms with Crippen molar-refractivity contribution >= 4 is 6.29 Å². The number of methoxy groups -OCH3 is 1. The van der Waals surface area contributed by atoms with Gasteiger partial charge in [-0.2, -0.15) is 0 Å². The SMILES string of the molecule is COc1cc(C)nc(C=O)c1C(F)F. The Bertz CT molecular complexity index is 353. The fraction of sp³-hybridized carbons (Fsp3) is 0.333. The van der Waals surface area contributed by atoms with E-state index in [9.17, 15) is 13.6 Å². The number of aryl methyl sites for hydroxylation is 1. The molecule has 1 heterocycles. The van der Waals surface area contributed by atoms with Crippen LogP contribution in [0.5, 0.6) is 5.75 Å². The highest BCUT2D eigenvalue weighted by Gasteiger charge is 2.20. The second-order valence-electron chi connectivity index (χ2n) is 2.68. The number of hydrogen-bond donors (Lipinski definition) is 0. The van der Waals surface area contributed by atoms with Crippen LogP contribution in [-0.2, 0) is 0 Å². The van der Waals surface area contributed by atoms with Crippen LogP contribution in [0.15, 0.2) is 6.07 Å². The van der Waals surface area contributed by atoms with Gasteiger partial charge in [0.2, 0.25) is 0 Å². The van der Waals surface area contributed by atoms with E-state index < -0.39 is 12.0 Å². The number of ether oxygens (including phenoxy) is 1. The summed E-state index contributed by atoms with van der Waals surface area (Å²) in [7, 11) is 1.27. The van der Waals surface area contributed by atoms with Crippen molar-refractivity contribution in [2.75, 3.05) is 7.11 Å². The van der Waals surface area contributed by atoms with Crippen LogP contribution in [0.4, 0.5) is 8.78 Å². The number of rotatable bonds is 3. The molecule has 1 aromatic heterocycles. The van der Waals surface area contributed by atoms with Gasteiger partial charge in [0.25, 0.3) is 6.43 Å². The largest absolute Gasteiger partial charge is 0.496 e. The van der Waals surface area contributed by atoms with Crippen molar-refractivity contribution in [3.05, 3.63) is 23.0 Å². The summed E-state index contributed by atoms with van der Waals surface area (Å²) in [6.45, 7) is 1.60. The maximum absolute atomic E-state index is 12.5. The van der Waals surface area contributed by atoms with E-state index in [0.717, 1.165) is 0 Å². The number of aromatic nitrogens is 1. The summed E-state index contributed by atoms with van der Waals surface area (Å²) in [5.41, 5.74) is -0.252. The van der Waals surface area contributed by atoms with Gasteiger partial charge in [0.05, 0.1) is 12.7 Å². The van der Waals surface area contributed by atoms with E-state index in [-0.39, 0.29) is 11.4 Å². The Labute approximate surface area is 79.7 Å². The minimum absolute atomic E-state index is 0.00500. The smallest absolute Gasteiger partial charge is 0.269 e. The molecule has 0 aliphatic heterocycles. The van der Waals surface area contributed by atoms with Crippen molar-refractivity contribution < 1.29 is 18.3 Å². The first-order valence-electron chi connectivity index (χ1n) is 3.89. The monoisotopic (exact) mass is 201 g/mol. The summed E-state index contributed by atoms with van der Waals surface area (Å²) < 4.78 is 29.8. The molecule has 0 fully saturated rings. The van der Waals surface area contributed by atoms with E-state index in [1.54, 1.807) is 6.92 Å². The van der Waals surface area contributed by atoms with Gasteiger partial charge in [-0.3, -0.25) is 4.79 Å². The zero-order valence-electron chi connectivity index (χ0n) is 7.75. The zero-order valence-corrected chi connectivity index (χ0v) is 7.75. The van der Waals surface area contributed by atoms with Crippen LogP contribution < -0.4 is 4.74 Å². The van der Waals surface area contributed by atoms with Gasteiger partial charge in [0, 0.05) is 11.8 Å². The fourth-order valence-corrected chi connectivity index (χ4v) is 1.15. The average molecular weight is 201 g/mol. The molecule has 0 spiro atoms. The number of carbonyl (C=O) groups excluding carboxylic acids is 1. The van der Waals surface area contributed by atoms with Crippen molar-refractivity contribution in [3.8, 4) is 5.75 Å². The summed E-state index contributed by atoms with van der Waals surface area (Å²) in [5.74, 6) is -0.00500. The van der Waals surface area contributed by atoms with E-state index >= 15 is 0 Å². The molecular weight excluding hydrogens is 192 g/mol. The second kappa shape index (κ2) is 4.13. The molecule has 0 radical (unpaired) electrons. The number of pyridine rings is 1. The van der Waals surface area contributed by atoms with Gasteiger partial charge in [-0.05, 0) is 6.92 Å². The summed E-state index contributed by atoms with van der Waals surface area (Å²) in [4.78, 5) is 14.2. The molecule has 0 aliphatic carbocycles. The number of aldehydes is 1. The lowest BCUT2D eigenvalue weighted by molar-refractivity contribution is 0.109. The van der Waals surface area contributed by atoms with E-state index in [2.05, 4.69) is 4.98 Å². The fourth-order valence-electron chi connectivity index (χ4n) is 1.15. The number of hydrogen-bond acceptors (Lipinski definition) is 3. The summed E-state index contributed by atoms with van der Waals surface area (Å²) in [5, 5.41) is 0. The van der Waals surface area contributed by atoms with Gasteiger partial charge in [-0.25, -0.2) is 13.8 Å². The van der Waals surface area contributed by atoms with E-state index in [1.165, 1.54) is 13.2 Å². The molecule has 0 saturated heterocycles. The molecule has 0 amide bonds. The van der Waals surface area contributed by atoms with Crippen molar-refractivity contribution in [1.29, 1.82) is 0 Å². The minimum Gasteiger partial charge on any atom is -0.496 e. The molecular formula is C9H9F2NO2. The highest BCUT2D eigenvalue weighted by Crippen LogP contribution is 2.30. The first kappa shape index (κ1) is 10.6. The predicted molar refractivity (Wildman–Crippen MR) is 45.9 cm³/mol. The van der Waals surface area contributed by atoms with Crippen LogP contribution in [0.1, 0.15) is 28.2 Å².